The molecule has 4 aliphatic carbocycles. The van der Waals surface area contributed by atoms with E-state index in [9.17, 15) is 34.1 Å². The molecule has 0 spiro atoms. The number of methoxy groups -OCH3 is 1. The first-order valence-corrected chi connectivity index (χ1v) is 15.1. The fourth-order valence-corrected chi connectivity index (χ4v) is 7.20. The molecule has 238 valence electrons. The number of aromatic nitrogens is 2. The van der Waals surface area contributed by atoms with Crippen LogP contribution in [0.15, 0.2) is 53.7 Å². The van der Waals surface area contributed by atoms with Crippen molar-refractivity contribution in [3.63, 3.8) is 0 Å². The molecule has 14 nitrogen and oxygen atoms in total. The fourth-order valence-electron chi connectivity index (χ4n) is 7.20. The van der Waals surface area contributed by atoms with Gasteiger partial charge in [0.05, 0.1) is 17.6 Å². The van der Waals surface area contributed by atoms with E-state index in [1.54, 1.807) is 0 Å². The smallest absolute Gasteiger partial charge is 0.330 e. The molecule has 2 aromatic rings. The third-order valence-electron chi connectivity index (χ3n) is 9.04. The predicted molar refractivity (Wildman–Crippen MR) is 161 cm³/mol. The summed E-state index contributed by atoms with van der Waals surface area (Å²) >= 11 is 0. The second-order valence-corrected chi connectivity index (χ2v) is 12.1. The van der Waals surface area contributed by atoms with Crippen molar-refractivity contribution in [2.24, 2.45) is 23.7 Å². The summed E-state index contributed by atoms with van der Waals surface area (Å²) in [5.74, 6) is 0.120. The minimum atomic E-state index is -1.20. The van der Waals surface area contributed by atoms with Gasteiger partial charge in [-0.1, -0.05) is 6.08 Å². The summed E-state index contributed by atoms with van der Waals surface area (Å²) in [7, 11) is 1.22. The maximum absolute atomic E-state index is 13.3. The lowest BCUT2D eigenvalue weighted by molar-refractivity contribution is -0.385. The van der Waals surface area contributed by atoms with Crippen LogP contribution in [-0.4, -0.2) is 57.4 Å². The van der Waals surface area contributed by atoms with Gasteiger partial charge in [-0.05, 0) is 80.8 Å². The lowest BCUT2D eigenvalue weighted by Crippen LogP contribution is -2.56. The largest absolute Gasteiger partial charge is 0.466 e. The van der Waals surface area contributed by atoms with Crippen molar-refractivity contribution in [2.45, 2.75) is 63.6 Å². The van der Waals surface area contributed by atoms with E-state index in [1.165, 1.54) is 48.6 Å². The summed E-state index contributed by atoms with van der Waals surface area (Å²) in [5.41, 5.74) is -1.22. The summed E-state index contributed by atoms with van der Waals surface area (Å²) in [6.07, 6.45) is 12.3. The molecule has 3 amide bonds. The van der Waals surface area contributed by atoms with Gasteiger partial charge >= 0.3 is 5.97 Å². The third kappa shape index (κ3) is 7.62. The monoisotopic (exact) mass is 620 g/mol. The summed E-state index contributed by atoms with van der Waals surface area (Å²) < 4.78 is 5.78. The highest BCUT2D eigenvalue weighted by molar-refractivity contribution is 6.01. The quantitative estimate of drug-likeness (QED) is 0.138. The number of nitrogens with zero attached hydrogens (tertiary/aromatic N) is 3. The average molecular weight is 621 g/mol. The maximum Gasteiger partial charge on any atom is 0.330 e. The molecule has 4 saturated carbocycles. The SMILES string of the molecule is COC(=O)/C=C/CCC(NC(=O)c1cncc([N+](=O)[O-])c1)C(=O)Nc1cccn(CC(=O)NC2C3CC4CC(C3)CC2C4)c1=O. The second kappa shape index (κ2) is 13.8. The van der Waals surface area contributed by atoms with Gasteiger partial charge in [-0.25, -0.2) is 4.79 Å². The number of esters is 1. The molecule has 14 heteroatoms. The predicted octanol–water partition coefficient (Wildman–Crippen LogP) is 2.34. The first-order chi connectivity index (χ1) is 21.6. The molecule has 4 fully saturated rings. The molecule has 45 heavy (non-hydrogen) atoms. The van der Waals surface area contributed by atoms with Crippen LogP contribution in [0.4, 0.5) is 11.4 Å². The Balaban J connectivity index is 1.25. The van der Waals surface area contributed by atoms with Gasteiger partial charge in [0.25, 0.3) is 17.2 Å². The number of amides is 3. The number of anilines is 1. The summed E-state index contributed by atoms with van der Waals surface area (Å²) in [6.45, 7) is -0.205. The van der Waals surface area contributed by atoms with Crippen molar-refractivity contribution >= 4 is 35.1 Å². The van der Waals surface area contributed by atoms with Crippen molar-refractivity contribution in [3.05, 3.63) is 75.0 Å². The van der Waals surface area contributed by atoms with E-state index in [0.29, 0.717) is 11.8 Å². The van der Waals surface area contributed by atoms with E-state index >= 15 is 0 Å². The van der Waals surface area contributed by atoms with E-state index in [4.69, 9.17) is 0 Å². The van der Waals surface area contributed by atoms with Gasteiger partial charge in [-0.3, -0.25) is 34.3 Å². The van der Waals surface area contributed by atoms with E-state index < -0.39 is 40.0 Å². The summed E-state index contributed by atoms with van der Waals surface area (Å²) in [6, 6.07) is 2.88. The van der Waals surface area contributed by atoms with Gasteiger partial charge in [0.2, 0.25) is 11.8 Å². The van der Waals surface area contributed by atoms with Crippen molar-refractivity contribution in [2.75, 3.05) is 12.4 Å². The van der Waals surface area contributed by atoms with Crippen LogP contribution in [0.25, 0.3) is 0 Å². The topological polar surface area (TPSA) is 192 Å². The van der Waals surface area contributed by atoms with Crippen LogP contribution in [-0.2, 0) is 25.7 Å². The Morgan fingerprint density at radius 1 is 1.13 bits per heavy atom. The van der Waals surface area contributed by atoms with Gasteiger partial charge in [0.1, 0.15) is 24.5 Å². The van der Waals surface area contributed by atoms with Crippen molar-refractivity contribution in [1.29, 1.82) is 0 Å². The number of nitro groups is 1. The van der Waals surface area contributed by atoms with Crippen LogP contribution in [0, 0.1) is 33.8 Å². The number of hydrogen-bond donors (Lipinski definition) is 3. The number of allylic oxidation sites excluding steroid dienone is 1. The zero-order chi connectivity index (χ0) is 32.1. The summed E-state index contributed by atoms with van der Waals surface area (Å²) in [5, 5.41) is 19.4. The van der Waals surface area contributed by atoms with Crippen molar-refractivity contribution < 1.29 is 28.8 Å². The molecule has 6 rings (SSSR count). The van der Waals surface area contributed by atoms with Crippen molar-refractivity contribution in [1.82, 2.24) is 20.2 Å². The van der Waals surface area contributed by atoms with E-state index in [-0.39, 0.29) is 42.6 Å². The number of rotatable bonds is 12. The molecular formula is C31H36N6O8. The number of pyridine rings is 2. The second-order valence-electron chi connectivity index (χ2n) is 12.1. The number of hydrogen-bond acceptors (Lipinski definition) is 9. The number of carbonyl (C=O) groups is 4. The Bertz CT molecular complexity index is 1540. The molecule has 4 bridgehead atoms. The van der Waals surface area contributed by atoms with E-state index in [0.717, 1.165) is 56.0 Å². The van der Waals surface area contributed by atoms with Crippen LogP contribution in [0.2, 0.25) is 0 Å². The molecule has 0 saturated heterocycles. The zero-order valence-corrected chi connectivity index (χ0v) is 24.8. The normalized spacial score (nSPS) is 23.7. The summed E-state index contributed by atoms with van der Waals surface area (Å²) in [4.78, 5) is 78.1. The molecule has 1 unspecified atom stereocenters. The highest BCUT2D eigenvalue weighted by atomic mass is 16.6. The highest BCUT2D eigenvalue weighted by Gasteiger charge is 2.48. The molecule has 4 aliphatic rings. The Morgan fingerprint density at radius 3 is 2.51 bits per heavy atom. The third-order valence-corrected chi connectivity index (χ3v) is 9.04. The maximum atomic E-state index is 13.3. The van der Waals surface area contributed by atoms with Crippen LogP contribution in [0.3, 0.4) is 0 Å². The standard InChI is InChI=1S/C31H36N6O8/c1-45-27(39)7-3-2-5-24(33-29(40)22-14-23(37(43)44)16-32-15-22)30(41)34-25-6-4-8-36(31(25)42)17-26(38)35-28-20-10-18-9-19(12-20)13-21(28)11-18/h3-4,6-8,14-16,18-21,24,28H,2,5,9-13,17H2,1H3,(H,33,40)(H,34,41)(H,35,38)/b7-3+. The number of ether oxygens (including phenoxy) is 1. The number of carbonyl (C=O) groups excluding carboxylic acids is 4. The molecule has 0 aliphatic heterocycles. The van der Waals surface area contributed by atoms with Crippen LogP contribution >= 0.6 is 0 Å². The highest BCUT2D eigenvalue weighted by Crippen LogP contribution is 2.53. The molecule has 0 radical (unpaired) electrons. The molecular weight excluding hydrogens is 584 g/mol. The molecule has 3 N–H and O–H groups in total. The van der Waals surface area contributed by atoms with Crippen molar-refractivity contribution in [3.8, 4) is 0 Å². The zero-order valence-electron chi connectivity index (χ0n) is 24.8. The van der Waals surface area contributed by atoms with Gasteiger partial charge in [-0.2, -0.15) is 0 Å². The Morgan fingerprint density at radius 2 is 1.84 bits per heavy atom. The molecule has 2 aromatic heterocycles. The van der Waals surface area contributed by atoms with Gasteiger partial charge in [0, 0.05) is 30.6 Å². The Kier molecular flexibility index (Phi) is 9.69. The Hall–Kier alpha value is -4.88. The van der Waals surface area contributed by atoms with E-state index in [2.05, 4.69) is 25.7 Å². The minimum Gasteiger partial charge on any atom is -0.466 e. The molecule has 0 aromatic carbocycles. The molecule has 2 heterocycles. The lowest BCUT2D eigenvalue weighted by atomic mass is 9.54. The Labute approximate surface area is 258 Å². The first-order valence-electron chi connectivity index (χ1n) is 15.1. The fraction of sp³-hybridized carbons (Fsp3) is 0.484. The molecule has 1 atom stereocenters. The van der Waals surface area contributed by atoms with Gasteiger partial charge in [-0.15, -0.1) is 0 Å². The van der Waals surface area contributed by atoms with Crippen LogP contribution in [0.5, 0.6) is 0 Å². The minimum absolute atomic E-state index is 0.0162. The van der Waals surface area contributed by atoms with Crippen LogP contribution in [0.1, 0.15) is 55.3 Å². The lowest BCUT2D eigenvalue weighted by Gasteiger charge is -2.54. The average Bonchev–Trinajstić information content (AvgIpc) is 3.01. The van der Waals surface area contributed by atoms with E-state index in [1.807, 2.05) is 0 Å². The van der Waals surface area contributed by atoms with Gasteiger partial charge < -0.3 is 25.3 Å². The van der Waals surface area contributed by atoms with Gasteiger partial charge in [0.15, 0.2) is 0 Å². The first kappa shape index (κ1) is 31.5. The number of nitrogens with one attached hydrogen (secondary N) is 3. The van der Waals surface area contributed by atoms with Crippen LogP contribution < -0.4 is 21.5 Å².